The number of nitrogens with one attached hydrogen (secondary N) is 1. The van der Waals surface area contributed by atoms with Crippen LogP contribution >= 0.6 is 0 Å². The number of halogens is 1. The van der Waals surface area contributed by atoms with Crippen molar-refractivity contribution in [2.45, 2.75) is 13.5 Å². The van der Waals surface area contributed by atoms with Gasteiger partial charge in [0, 0.05) is 29.2 Å². The number of amides is 4. The number of carbonyl (C=O) groups is 3. The fraction of sp³-hybridized carbons (Fsp3) is 0.174. The predicted octanol–water partition coefficient (Wildman–Crippen LogP) is 3.34. The maximum absolute atomic E-state index is 13.8. The molecule has 1 fully saturated rings. The van der Waals surface area contributed by atoms with Crippen LogP contribution in [-0.2, 0) is 16.1 Å². The maximum Gasteiger partial charge on any atom is 0.331 e. The normalized spacial score (nSPS) is 15.6. The zero-order chi connectivity index (χ0) is 22.0. The third-order valence-electron chi connectivity index (χ3n) is 5.05. The van der Waals surface area contributed by atoms with Gasteiger partial charge in [-0.15, -0.1) is 0 Å². The molecule has 0 aliphatic carbocycles. The van der Waals surface area contributed by atoms with Crippen LogP contribution in [0.1, 0.15) is 12.5 Å². The molecule has 1 saturated heterocycles. The third kappa shape index (κ3) is 3.92. The number of benzene rings is 2. The second kappa shape index (κ2) is 8.43. The van der Waals surface area contributed by atoms with E-state index in [1.165, 1.54) is 12.1 Å². The number of likely N-dealkylation sites (N-methyl/N-ethyl adjacent to an activating group) is 1. The molecule has 1 N–H and O–H groups in total. The molecule has 4 rings (SSSR count). The van der Waals surface area contributed by atoms with Crippen molar-refractivity contribution in [2.75, 3.05) is 13.2 Å². The summed E-state index contributed by atoms with van der Waals surface area (Å²) >= 11 is 0. The van der Waals surface area contributed by atoms with Crippen molar-refractivity contribution in [1.29, 1.82) is 0 Å². The van der Waals surface area contributed by atoms with Crippen LogP contribution in [0.4, 0.5) is 9.18 Å². The molecular weight excluding hydrogens is 401 g/mol. The monoisotopic (exact) mass is 421 g/mol. The summed E-state index contributed by atoms with van der Waals surface area (Å²) < 4.78 is 21.2. The van der Waals surface area contributed by atoms with Crippen LogP contribution in [0.15, 0.2) is 60.3 Å². The standard InChI is InChI=1S/C23H20FN3O4/c1-2-27-22(29)17(21(28)25-23(27)30)13-15-14-26(19-9-5-3-7-16(15)19)11-12-31-20-10-6-4-8-18(20)24/h3-10,13-14H,2,11-12H2,1H3,(H,25,28,30). The first-order valence-corrected chi connectivity index (χ1v) is 9.83. The van der Waals surface area contributed by atoms with E-state index < -0.39 is 23.7 Å². The molecule has 1 aromatic heterocycles. The summed E-state index contributed by atoms with van der Waals surface area (Å²) in [5.41, 5.74) is 1.43. The number of para-hydroxylation sites is 2. The molecule has 3 aromatic rings. The molecule has 0 atom stereocenters. The first-order chi connectivity index (χ1) is 15.0. The summed E-state index contributed by atoms with van der Waals surface area (Å²) in [7, 11) is 0. The Kier molecular flexibility index (Phi) is 5.53. The molecular formula is C23H20FN3O4. The van der Waals surface area contributed by atoms with Gasteiger partial charge < -0.3 is 9.30 Å². The average molecular weight is 421 g/mol. The van der Waals surface area contributed by atoms with Crippen molar-refractivity contribution >= 4 is 34.8 Å². The van der Waals surface area contributed by atoms with E-state index in [9.17, 15) is 18.8 Å². The van der Waals surface area contributed by atoms with E-state index in [1.54, 1.807) is 31.3 Å². The van der Waals surface area contributed by atoms with Crippen molar-refractivity contribution in [2.24, 2.45) is 0 Å². The van der Waals surface area contributed by atoms with E-state index in [1.807, 2.05) is 28.8 Å². The molecule has 1 aliphatic rings. The summed E-state index contributed by atoms with van der Waals surface area (Å²) in [4.78, 5) is 37.7. The first kappa shape index (κ1) is 20.3. The fourth-order valence-corrected chi connectivity index (χ4v) is 3.53. The van der Waals surface area contributed by atoms with Gasteiger partial charge in [0.15, 0.2) is 11.6 Å². The molecule has 31 heavy (non-hydrogen) atoms. The van der Waals surface area contributed by atoms with E-state index in [0.717, 1.165) is 15.8 Å². The summed E-state index contributed by atoms with van der Waals surface area (Å²) in [6.45, 7) is 2.47. The number of urea groups is 1. The molecule has 2 aromatic carbocycles. The number of aromatic nitrogens is 1. The van der Waals surface area contributed by atoms with E-state index in [0.29, 0.717) is 12.1 Å². The molecule has 0 unspecified atom stereocenters. The third-order valence-corrected chi connectivity index (χ3v) is 5.05. The number of barbiturate groups is 1. The van der Waals surface area contributed by atoms with E-state index in [4.69, 9.17) is 4.74 Å². The molecule has 7 nitrogen and oxygen atoms in total. The first-order valence-electron chi connectivity index (χ1n) is 9.83. The Bertz CT molecular complexity index is 1210. The SMILES string of the molecule is CCN1C(=O)NC(=O)C(=Cc2cn(CCOc3ccccc3F)c3ccccc23)C1=O. The van der Waals surface area contributed by atoms with Crippen LogP contribution in [0.3, 0.4) is 0 Å². The van der Waals surface area contributed by atoms with Crippen LogP contribution in [0, 0.1) is 5.82 Å². The molecule has 0 bridgehead atoms. The number of carbonyl (C=O) groups excluding carboxylic acids is 3. The molecule has 0 saturated carbocycles. The van der Waals surface area contributed by atoms with Crippen LogP contribution in [-0.4, -0.2) is 40.5 Å². The molecule has 0 radical (unpaired) electrons. The molecule has 2 heterocycles. The fourth-order valence-electron chi connectivity index (χ4n) is 3.53. The smallest absolute Gasteiger partial charge is 0.331 e. The molecule has 158 valence electrons. The van der Waals surface area contributed by atoms with Gasteiger partial charge in [0.1, 0.15) is 12.2 Å². The molecule has 4 amide bonds. The van der Waals surface area contributed by atoms with Gasteiger partial charge in [-0.1, -0.05) is 30.3 Å². The Morgan fingerprint density at radius 2 is 1.81 bits per heavy atom. The number of hydrogen-bond donors (Lipinski definition) is 1. The lowest BCUT2D eigenvalue weighted by atomic mass is 10.1. The van der Waals surface area contributed by atoms with Crippen LogP contribution in [0.25, 0.3) is 17.0 Å². The van der Waals surface area contributed by atoms with Gasteiger partial charge in [-0.3, -0.25) is 19.8 Å². The Morgan fingerprint density at radius 1 is 1.06 bits per heavy atom. The number of fused-ring (bicyclic) bond motifs is 1. The number of imide groups is 2. The van der Waals surface area contributed by atoms with Crippen molar-refractivity contribution in [3.63, 3.8) is 0 Å². The Hall–Kier alpha value is -3.94. The van der Waals surface area contributed by atoms with Gasteiger partial charge in [-0.05, 0) is 31.2 Å². The second-order valence-corrected chi connectivity index (χ2v) is 6.94. The highest BCUT2D eigenvalue weighted by Gasteiger charge is 2.34. The lowest BCUT2D eigenvalue weighted by Gasteiger charge is -2.24. The highest BCUT2D eigenvalue weighted by Crippen LogP contribution is 2.25. The average Bonchev–Trinajstić information content (AvgIpc) is 3.10. The largest absolute Gasteiger partial charge is 0.489 e. The number of nitrogens with zero attached hydrogens (tertiary/aromatic N) is 2. The zero-order valence-electron chi connectivity index (χ0n) is 16.8. The van der Waals surface area contributed by atoms with Gasteiger partial charge in [0.05, 0.1) is 6.54 Å². The van der Waals surface area contributed by atoms with E-state index in [2.05, 4.69) is 5.32 Å². The zero-order valence-corrected chi connectivity index (χ0v) is 16.8. The summed E-state index contributed by atoms with van der Waals surface area (Å²) in [5, 5.41) is 3.02. The maximum atomic E-state index is 13.8. The minimum Gasteiger partial charge on any atom is -0.489 e. The Morgan fingerprint density at radius 3 is 2.58 bits per heavy atom. The predicted molar refractivity (Wildman–Crippen MR) is 113 cm³/mol. The number of ether oxygens (including phenoxy) is 1. The minimum atomic E-state index is -0.723. The number of hydrogen-bond acceptors (Lipinski definition) is 4. The lowest BCUT2D eigenvalue weighted by molar-refractivity contribution is -0.129. The van der Waals surface area contributed by atoms with Crippen molar-refractivity contribution in [3.05, 3.63) is 71.7 Å². The highest BCUT2D eigenvalue weighted by molar-refractivity contribution is 6.31. The summed E-state index contributed by atoms with van der Waals surface area (Å²) in [6.07, 6.45) is 3.29. The molecule has 8 heteroatoms. The van der Waals surface area contributed by atoms with Crippen molar-refractivity contribution in [3.8, 4) is 5.75 Å². The molecule has 0 spiro atoms. The van der Waals surface area contributed by atoms with Crippen LogP contribution < -0.4 is 10.1 Å². The summed E-state index contributed by atoms with van der Waals surface area (Å²) in [6, 6.07) is 13.0. The van der Waals surface area contributed by atoms with Crippen molar-refractivity contribution in [1.82, 2.24) is 14.8 Å². The molecule has 1 aliphatic heterocycles. The van der Waals surface area contributed by atoms with Crippen LogP contribution in [0.2, 0.25) is 0 Å². The number of rotatable bonds is 6. The van der Waals surface area contributed by atoms with E-state index in [-0.39, 0.29) is 24.5 Å². The van der Waals surface area contributed by atoms with Gasteiger partial charge in [0.25, 0.3) is 11.8 Å². The van der Waals surface area contributed by atoms with Gasteiger partial charge in [-0.25, -0.2) is 9.18 Å². The quantitative estimate of drug-likeness (QED) is 0.489. The van der Waals surface area contributed by atoms with Crippen LogP contribution in [0.5, 0.6) is 5.75 Å². The van der Waals surface area contributed by atoms with Crippen molar-refractivity contribution < 1.29 is 23.5 Å². The second-order valence-electron chi connectivity index (χ2n) is 6.94. The minimum absolute atomic E-state index is 0.105. The van der Waals surface area contributed by atoms with Gasteiger partial charge in [-0.2, -0.15) is 0 Å². The van der Waals surface area contributed by atoms with E-state index >= 15 is 0 Å². The highest BCUT2D eigenvalue weighted by atomic mass is 19.1. The lowest BCUT2D eigenvalue weighted by Crippen LogP contribution is -2.53. The van der Waals surface area contributed by atoms with Gasteiger partial charge >= 0.3 is 6.03 Å². The Balaban J connectivity index is 1.63. The van der Waals surface area contributed by atoms with Gasteiger partial charge in [0.2, 0.25) is 0 Å². The topological polar surface area (TPSA) is 80.6 Å². The summed E-state index contributed by atoms with van der Waals surface area (Å²) in [5.74, 6) is -1.60. The Labute approximate surface area is 177 Å².